The molecule has 2 fully saturated rings. The number of carbonyl (C=O) groups is 1. The summed E-state index contributed by atoms with van der Waals surface area (Å²) in [6.07, 6.45) is 0.466. The largest absolute Gasteiger partial charge is 0.495 e. The number of amides is 1. The SMILES string of the molecule is COc1ccccc1N1CCN(C(=O)[C@@H]2CCS(=O)(=O)C2)CC1. The summed E-state index contributed by atoms with van der Waals surface area (Å²) in [4.78, 5) is 16.5. The fourth-order valence-corrected chi connectivity index (χ4v) is 5.04. The van der Waals surface area contributed by atoms with Gasteiger partial charge in [0.2, 0.25) is 5.91 Å². The minimum atomic E-state index is -3.02. The van der Waals surface area contributed by atoms with E-state index in [0.29, 0.717) is 19.5 Å². The Kier molecular flexibility index (Phi) is 4.48. The maximum atomic E-state index is 12.5. The Hall–Kier alpha value is -1.76. The predicted molar refractivity (Wildman–Crippen MR) is 88.5 cm³/mol. The van der Waals surface area contributed by atoms with Gasteiger partial charge in [-0.15, -0.1) is 0 Å². The van der Waals surface area contributed by atoms with Gasteiger partial charge in [0.05, 0.1) is 30.2 Å². The van der Waals surface area contributed by atoms with E-state index in [-0.39, 0.29) is 23.3 Å². The van der Waals surface area contributed by atoms with Gasteiger partial charge in [0.15, 0.2) is 9.84 Å². The number of piperazine rings is 1. The Morgan fingerprint density at radius 1 is 1.17 bits per heavy atom. The first-order valence-corrected chi connectivity index (χ1v) is 9.69. The van der Waals surface area contributed by atoms with Crippen molar-refractivity contribution in [2.45, 2.75) is 6.42 Å². The van der Waals surface area contributed by atoms with Crippen LogP contribution in [0.25, 0.3) is 0 Å². The van der Waals surface area contributed by atoms with Gasteiger partial charge in [-0.3, -0.25) is 4.79 Å². The van der Waals surface area contributed by atoms with Crippen LogP contribution in [0.2, 0.25) is 0 Å². The summed E-state index contributed by atoms with van der Waals surface area (Å²) in [5.41, 5.74) is 1.03. The van der Waals surface area contributed by atoms with E-state index in [2.05, 4.69) is 4.90 Å². The lowest BCUT2D eigenvalue weighted by Gasteiger charge is -2.37. The normalized spacial score (nSPS) is 23.8. The summed E-state index contributed by atoms with van der Waals surface area (Å²) in [7, 11) is -1.36. The predicted octanol–water partition coefficient (Wildman–Crippen LogP) is 0.778. The molecule has 2 aliphatic rings. The molecule has 0 bridgehead atoms. The first-order valence-electron chi connectivity index (χ1n) is 7.87. The Bertz CT molecular complexity index is 681. The van der Waals surface area contributed by atoms with Crippen molar-refractivity contribution in [1.29, 1.82) is 0 Å². The lowest BCUT2D eigenvalue weighted by Crippen LogP contribution is -2.50. The van der Waals surface area contributed by atoms with E-state index in [9.17, 15) is 13.2 Å². The van der Waals surface area contributed by atoms with E-state index in [0.717, 1.165) is 24.5 Å². The Morgan fingerprint density at radius 3 is 2.48 bits per heavy atom. The van der Waals surface area contributed by atoms with Gasteiger partial charge in [0.1, 0.15) is 5.75 Å². The van der Waals surface area contributed by atoms with Crippen LogP contribution in [-0.2, 0) is 14.6 Å². The second kappa shape index (κ2) is 6.39. The van der Waals surface area contributed by atoms with Gasteiger partial charge >= 0.3 is 0 Å². The number of para-hydroxylation sites is 2. The van der Waals surface area contributed by atoms with E-state index >= 15 is 0 Å². The van der Waals surface area contributed by atoms with Crippen molar-refractivity contribution in [2.75, 3.05) is 49.7 Å². The number of methoxy groups -OCH3 is 1. The number of hydrogen-bond donors (Lipinski definition) is 0. The molecule has 3 rings (SSSR count). The minimum absolute atomic E-state index is 0.00856. The minimum Gasteiger partial charge on any atom is -0.495 e. The van der Waals surface area contributed by atoms with E-state index in [1.165, 1.54) is 0 Å². The number of anilines is 1. The third-order valence-electron chi connectivity index (χ3n) is 4.60. The topological polar surface area (TPSA) is 66.9 Å². The number of nitrogens with zero attached hydrogens (tertiary/aromatic N) is 2. The molecular formula is C16H22N2O4S. The van der Waals surface area contributed by atoms with Crippen molar-refractivity contribution >= 4 is 21.4 Å². The van der Waals surface area contributed by atoms with Crippen LogP contribution >= 0.6 is 0 Å². The average Bonchev–Trinajstić information content (AvgIpc) is 2.94. The zero-order chi connectivity index (χ0) is 16.4. The van der Waals surface area contributed by atoms with Crippen LogP contribution in [0.4, 0.5) is 5.69 Å². The highest BCUT2D eigenvalue weighted by atomic mass is 32.2. The highest BCUT2D eigenvalue weighted by Gasteiger charge is 2.36. The molecule has 0 N–H and O–H groups in total. The molecule has 2 aliphatic heterocycles. The molecule has 0 radical (unpaired) electrons. The third-order valence-corrected chi connectivity index (χ3v) is 6.37. The van der Waals surface area contributed by atoms with Gasteiger partial charge in [-0.05, 0) is 18.6 Å². The van der Waals surface area contributed by atoms with Crippen LogP contribution in [0.15, 0.2) is 24.3 Å². The molecule has 1 aromatic rings. The lowest BCUT2D eigenvalue weighted by atomic mass is 10.1. The van der Waals surface area contributed by atoms with Crippen LogP contribution in [0.5, 0.6) is 5.75 Å². The Morgan fingerprint density at radius 2 is 1.87 bits per heavy atom. The van der Waals surface area contributed by atoms with Gasteiger partial charge < -0.3 is 14.5 Å². The zero-order valence-electron chi connectivity index (χ0n) is 13.3. The quantitative estimate of drug-likeness (QED) is 0.815. The number of sulfone groups is 1. The fourth-order valence-electron chi connectivity index (χ4n) is 3.31. The van der Waals surface area contributed by atoms with E-state index in [1.54, 1.807) is 12.0 Å². The first kappa shape index (κ1) is 16.1. The molecule has 0 saturated carbocycles. The number of ether oxygens (including phenoxy) is 1. The van der Waals surface area contributed by atoms with Gasteiger partial charge in [-0.2, -0.15) is 0 Å². The van der Waals surface area contributed by atoms with E-state index in [4.69, 9.17) is 4.74 Å². The van der Waals surface area contributed by atoms with Crippen molar-refractivity contribution in [3.63, 3.8) is 0 Å². The highest BCUT2D eigenvalue weighted by Crippen LogP contribution is 2.29. The van der Waals surface area contributed by atoms with Crippen LogP contribution in [0.3, 0.4) is 0 Å². The fraction of sp³-hybridized carbons (Fsp3) is 0.562. The summed E-state index contributed by atoms with van der Waals surface area (Å²) < 4.78 is 28.5. The Balaban J connectivity index is 1.61. The molecule has 126 valence electrons. The van der Waals surface area contributed by atoms with Crippen molar-refractivity contribution in [3.8, 4) is 5.75 Å². The monoisotopic (exact) mass is 338 g/mol. The molecule has 1 atom stereocenters. The smallest absolute Gasteiger partial charge is 0.226 e. The molecule has 2 heterocycles. The molecule has 0 unspecified atom stereocenters. The van der Waals surface area contributed by atoms with Crippen LogP contribution < -0.4 is 9.64 Å². The molecule has 0 aliphatic carbocycles. The molecule has 0 spiro atoms. The molecular weight excluding hydrogens is 316 g/mol. The van der Waals surface area contributed by atoms with Gasteiger partial charge in [0.25, 0.3) is 0 Å². The second-order valence-electron chi connectivity index (χ2n) is 6.08. The van der Waals surface area contributed by atoms with E-state index in [1.807, 2.05) is 24.3 Å². The van der Waals surface area contributed by atoms with Gasteiger partial charge in [-0.1, -0.05) is 12.1 Å². The highest BCUT2D eigenvalue weighted by molar-refractivity contribution is 7.91. The molecule has 7 heteroatoms. The number of rotatable bonds is 3. The Labute approximate surface area is 136 Å². The lowest BCUT2D eigenvalue weighted by molar-refractivity contribution is -0.135. The van der Waals surface area contributed by atoms with E-state index < -0.39 is 9.84 Å². The average molecular weight is 338 g/mol. The van der Waals surface area contributed by atoms with Crippen molar-refractivity contribution in [3.05, 3.63) is 24.3 Å². The molecule has 1 amide bonds. The summed E-state index contributed by atoms with van der Waals surface area (Å²) in [5, 5.41) is 0. The number of hydrogen-bond acceptors (Lipinski definition) is 5. The molecule has 1 aromatic carbocycles. The molecule has 23 heavy (non-hydrogen) atoms. The van der Waals surface area contributed by atoms with Crippen LogP contribution in [-0.4, -0.2) is 64.0 Å². The summed E-state index contributed by atoms with van der Waals surface area (Å²) in [6.45, 7) is 2.69. The summed E-state index contributed by atoms with van der Waals surface area (Å²) in [5.74, 6) is 0.626. The van der Waals surface area contributed by atoms with Crippen LogP contribution in [0, 0.1) is 5.92 Å². The maximum Gasteiger partial charge on any atom is 0.226 e. The number of benzene rings is 1. The van der Waals surface area contributed by atoms with Gasteiger partial charge in [-0.25, -0.2) is 8.42 Å². The molecule has 0 aromatic heterocycles. The molecule has 6 nitrogen and oxygen atoms in total. The van der Waals surface area contributed by atoms with Crippen molar-refractivity contribution in [2.24, 2.45) is 5.92 Å². The number of carbonyl (C=O) groups excluding carboxylic acids is 1. The third kappa shape index (κ3) is 3.44. The van der Waals surface area contributed by atoms with Crippen molar-refractivity contribution in [1.82, 2.24) is 4.90 Å². The summed E-state index contributed by atoms with van der Waals surface area (Å²) >= 11 is 0. The maximum absolute atomic E-state index is 12.5. The standard InChI is InChI=1S/C16H22N2O4S/c1-22-15-5-3-2-4-14(15)17-7-9-18(10-8-17)16(19)13-6-11-23(20,21)12-13/h2-5,13H,6-12H2,1H3/t13-/m1/s1. The van der Waals surface area contributed by atoms with Crippen LogP contribution in [0.1, 0.15) is 6.42 Å². The van der Waals surface area contributed by atoms with Crippen molar-refractivity contribution < 1.29 is 17.9 Å². The van der Waals surface area contributed by atoms with Gasteiger partial charge in [0, 0.05) is 26.2 Å². The zero-order valence-corrected chi connectivity index (χ0v) is 14.1. The summed E-state index contributed by atoms with van der Waals surface area (Å²) in [6, 6.07) is 7.84. The molecule has 2 saturated heterocycles. The second-order valence-corrected chi connectivity index (χ2v) is 8.31. The first-order chi connectivity index (χ1) is 11.0.